The SMILES string of the molecule is CCCC(NCc1cc(Br)c(OCC(N)=O)c(OC)c1)c1ccccc1. The molecule has 2 aromatic rings. The van der Waals surface area contributed by atoms with E-state index in [4.69, 9.17) is 15.2 Å². The van der Waals surface area contributed by atoms with E-state index in [0.717, 1.165) is 22.9 Å². The van der Waals surface area contributed by atoms with Gasteiger partial charge in [0.05, 0.1) is 11.6 Å². The van der Waals surface area contributed by atoms with E-state index in [1.54, 1.807) is 7.11 Å². The number of carbonyl (C=O) groups excluding carboxylic acids is 1. The number of hydrogen-bond acceptors (Lipinski definition) is 4. The summed E-state index contributed by atoms with van der Waals surface area (Å²) in [5.41, 5.74) is 7.48. The van der Waals surface area contributed by atoms with Crippen molar-refractivity contribution in [3.05, 3.63) is 58.1 Å². The highest BCUT2D eigenvalue weighted by Gasteiger charge is 2.14. The summed E-state index contributed by atoms with van der Waals surface area (Å²) in [6.45, 7) is 2.67. The molecule has 26 heavy (non-hydrogen) atoms. The molecule has 2 aromatic carbocycles. The van der Waals surface area contributed by atoms with Crippen LogP contribution in [0.5, 0.6) is 11.5 Å². The molecule has 140 valence electrons. The number of primary amides is 1. The number of methoxy groups -OCH3 is 1. The van der Waals surface area contributed by atoms with Crippen molar-refractivity contribution in [2.24, 2.45) is 5.73 Å². The second kappa shape index (κ2) is 10.2. The van der Waals surface area contributed by atoms with Crippen LogP contribution in [0.3, 0.4) is 0 Å². The van der Waals surface area contributed by atoms with E-state index in [1.807, 2.05) is 18.2 Å². The summed E-state index contributed by atoms with van der Waals surface area (Å²) in [5.74, 6) is 0.502. The summed E-state index contributed by atoms with van der Waals surface area (Å²) in [6.07, 6.45) is 2.15. The predicted molar refractivity (Wildman–Crippen MR) is 106 cm³/mol. The molecule has 0 aromatic heterocycles. The Kier molecular flexibility index (Phi) is 7.94. The van der Waals surface area contributed by atoms with Crippen molar-refractivity contribution < 1.29 is 14.3 Å². The molecule has 0 fully saturated rings. The van der Waals surface area contributed by atoms with E-state index < -0.39 is 5.91 Å². The molecule has 0 spiro atoms. The molecule has 1 unspecified atom stereocenters. The van der Waals surface area contributed by atoms with Crippen LogP contribution in [0.15, 0.2) is 46.9 Å². The highest BCUT2D eigenvalue weighted by atomic mass is 79.9. The average molecular weight is 421 g/mol. The molecule has 0 bridgehead atoms. The van der Waals surface area contributed by atoms with E-state index in [1.165, 1.54) is 5.56 Å². The largest absolute Gasteiger partial charge is 0.493 e. The molecule has 6 heteroatoms. The predicted octanol–water partition coefficient (Wildman–Crippen LogP) is 3.95. The second-order valence-electron chi connectivity index (χ2n) is 6.00. The van der Waals surface area contributed by atoms with Gasteiger partial charge in [-0.05, 0) is 45.6 Å². The lowest BCUT2D eigenvalue weighted by atomic mass is 10.0. The highest BCUT2D eigenvalue weighted by molar-refractivity contribution is 9.10. The van der Waals surface area contributed by atoms with Crippen molar-refractivity contribution in [1.82, 2.24) is 5.32 Å². The van der Waals surface area contributed by atoms with Crippen molar-refractivity contribution in [3.63, 3.8) is 0 Å². The van der Waals surface area contributed by atoms with Gasteiger partial charge in [-0.3, -0.25) is 4.79 Å². The Morgan fingerprint density at radius 2 is 2.00 bits per heavy atom. The Hall–Kier alpha value is -2.05. The highest BCUT2D eigenvalue weighted by Crippen LogP contribution is 2.36. The van der Waals surface area contributed by atoms with Crippen LogP contribution in [0.1, 0.15) is 36.9 Å². The monoisotopic (exact) mass is 420 g/mol. The second-order valence-corrected chi connectivity index (χ2v) is 6.85. The molecule has 0 heterocycles. The van der Waals surface area contributed by atoms with Crippen molar-refractivity contribution in [1.29, 1.82) is 0 Å². The third-order valence-corrected chi connectivity index (χ3v) is 4.57. The van der Waals surface area contributed by atoms with Gasteiger partial charge in [-0.25, -0.2) is 0 Å². The van der Waals surface area contributed by atoms with Gasteiger partial charge in [0.15, 0.2) is 18.1 Å². The van der Waals surface area contributed by atoms with Crippen LogP contribution in [-0.4, -0.2) is 19.6 Å². The van der Waals surface area contributed by atoms with E-state index in [-0.39, 0.29) is 12.6 Å². The van der Waals surface area contributed by atoms with Gasteiger partial charge in [0, 0.05) is 12.6 Å². The first-order valence-electron chi connectivity index (χ1n) is 8.61. The van der Waals surface area contributed by atoms with Gasteiger partial charge in [0.1, 0.15) is 0 Å². The van der Waals surface area contributed by atoms with E-state index in [0.29, 0.717) is 18.0 Å². The fourth-order valence-electron chi connectivity index (χ4n) is 2.76. The fraction of sp³-hybridized carbons (Fsp3) is 0.350. The number of benzene rings is 2. The molecule has 0 aliphatic carbocycles. The first kappa shape index (κ1) is 20.3. The third kappa shape index (κ3) is 5.75. The maximum absolute atomic E-state index is 11.0. The number of hydrogen-bond donors (Lipinski definition) is 2. The molecular weight excluding hydrogens is 396 g/mol. The van der Waals surface area contributed by atoms with Crippen LogP contribution >= 0.6 is 15.9 Å². The quantitative estimate of drug-likeness (QED) is 0.609. The van der Waals surface area contributed by atoms with Crippen LogP contribution < -0.4 is 20.5 Å². The Balaban J connectivity index is 2.13. The minimum atomic E-state index is -0.532. The van der Waals surface area contributed by atoms with Crippen LogP contribution in [-0.2, 0) is 11.3 Å². The molecule has 0 saturated heterocycles. The summed E-state index contributed by atoms with van der Waals surface area (Å²) < 4.78 is 11.6. The molecule has 1 amide bonds. The van der Waals surface area contributed by atoms with Gasteiger partial charge in [-0.1, -0.05) is 43.7 Å². The summed E-state index contributed by atoms with van der Waals surface area (Å²) in [7, 11) is 1.57. The summed E-state index contributed by atoms with van der Waals surface area (Å²) in [4.78, 5) is 11.0. The van der Waals surface area contributed by atoms with Gasteiger partial charge in [-0.15, -0.1) is 0 Å². The summed E-state index contributed by atoms with van der Waals surface area (Å²) in [5, 5.41) is 3.61. The molecule has 0 radical (unpaired) electrons. The number of rotatable bonds is 10. The Labute approximate surface area is 163 Å². The number of ether oxygens (including phenoxy) is 2. The van der Waals surface area contributed by atoms with Crippen molar-refractivity contribution in [2.45, 2.75) is 32.4 Å². The zero-order chi connectivity index (χ0) is 18.9. The van der Waals surface area contributed by atoms with E-state index >= 15 is 0 Å². The smallest absolute Gasteiger partial charge is 0.255 e. The lowest BCUT2D eigenvalue weighted by Crippen LogP contribution is -2.21. The molecule has 5 nitrogen and oxygen atoms in total. The minimum absolute atomic E-state index is 0.195. The Morgan fingerprint density at radius 3 is 2.62 bits per heavy atom. The normalized spacial score (nSPS) is 11.8. The molecule has 1 atom stereocenters. The summed E-state index contributed by atoms with van der Waals surface area (Å²) >= 11 is 3.49. The van der Waals surface area contributed by atoms with Crippen LogP contribution in [0, 0.1) is 0 Å². The number of halogens is 1. The fourth-order valence-corrected chi connectivity index (χ4v) is 3.36. The Bertz CT molecular complexity index is 722. The number of nitrogens with one attached hydrogen (secondary N) is 1. The standard InChI is InChI=1S/C20H25BrN2O3/c1-3-7-17(15-8-5-4-6-9-15)23-12-14-10-16(21)20(18(11-14)25-2)26-13-19(22)24/h4-6,8-11,17,23H,3,7,12-13H2,1-2H3,(H2,22,24). The minimum Gasteiger partial charge on any atom is -0.493 e. The van der Waals surface area contributed by atoms with Crippen LogP contribution in [0.25, 0.3) is 0 Å². The van der Waals surface area contributed by atoms with Crippen LogP contribution in [0.4, 0.5) is 0 Å². The van der Waals surface area contributed by atoms with Gasteiger partial charge in [0.25, 0.3) is 5.91 Å². The zero-order valence-corrected chi connectivity index (χ0v) is 16.7. The van der Waals surface area contributed by atoms with Gasteiger partial charge >= 0.3 is 0 Å². The zero-order valence-electron chi connectivity index (χ0n) is 15.1. The van der Waals surface area contributed by atoms with Crippen molar-refractivity contribution in [3.8, 4) is 11.5 Å². The van der Waals surface area contributed by atoms with Crippen molar-refractivity contribution >= 4 is 21.8 Å². The lowest BCUT2D eigenvalue weighted by Gasteiger charge is -2.20. The van der Waals surface area contributed by atoms with E-state index in [2.05, 4.69) is 52.4 Å². The molecule has 0 aliphatic rings. The molecule has 3 N–H and O–H groups in total. The summed E-state index contributed by atoms with van der Waals surface area (Å²) in [6, 6.07) is 14.6. The maximum atomic E-state index is 11.0. The number of nitrogens with two attached hydrogens (primary N) is 1. The maximum Gasteiger partial charge on any atom is 0.255 e. The average Bonchev–Trinajstić information content (AvgIpc) is 2.64. The van der Waals surface area contributed by atoms with Gasteiger partial charge in [0.2, 0.25) is 0 Å². The molecular formula is C20H25BrN2O3. The number of amides is 1. The molecule has 0 saturated carbocycles. The first-order valence-corrected chi connectivity index (χ1v) is 9.40. The molecule has 0 aliphatic heterocycles. The van der Waals surface area contributed by atoms with E-state index in [9.17, 15) is 4.79 Å². The molecule has 2 rings (SSSR count). The van der Waals surface area contributed by atoms with Gasteiger partial charge < -0.3 is 20.5 Å². The first-order chi connectivity index (χ1) is 12.5. The van der Waals surface area contributed by atoms with Crippen molar-refractivity contribution in [2.75, 3.05) is 13.7 Å². The Morgan fingerprint density at radius 1 is 1.27 bits per heavy atom. The number of carbonyl (C=O) groups is 1. The topological polar surface area (TPSA) is 73.6 Å². The lowest BCUT2D eigenvalue weighted by molar-refractivity contribution is -0.119. The van der Waals surface area contributed by atoms with Crippen LogP contribution in [0.2, 0.25) is 0 Å². The third-order valence-electron chi connectivity index (χ3n) is 3.98. The van der Waals surface area contributed by atoms with Gasteiger partial charge in [-0.2, -0.15) is 0 Å².